The molecule has 0 heterocycles. The Bertz CT molecular complexity index is 676. The number of phenolic OH excluding ortho intramolecular Hbond substituents is 1. The Kier molecular flexibility index (Phi) is 5.74. The fourth-order valence-electron chi connectivity index (χ4n) is 2.01. The van der Waals surface area contributed by atoms with Crippen LogP contribution in [-0.2, 0) is 11.2 Å². The first-order valence-corrected chi connectivity index (χ1v) is 7.42. The number of hydrogen-bond donors (Lipinski definition) is 2. The lowest BCUT2D eigenvalue weighted by molar-refractivity contribution is -0.120. The first-order chi connectivity index (χ1) is 11.1. The van der Waals surface area contributed by atoms with Gasteiger partial charge in [-0.3, -0.25) is 4.79 Å². The van der Waals surface area contributed by atoms with Crippen molar-refractivity contribution in [2.75, 3.05) is 6.61 Å². The maximum atomic E-state index is 11.9. The highest BCUT2D eigenvalue weighted by Crippen LogP contribution is 2.12. The molecule has 0 bridgehead atoms. The molecule has 0 aliphatic carbocycles. The minimum atomic E-state index is -0.188. The van der Waals surface area contributed by atoms with Gasteiger partial charge in [0, 0.05) is 0 Å². The molecule has 2 rings (SSSR count). The molecule has 23 heavy (non-hydrogen) atoms. The largest absolute Gasteiger partial charge is 0.508 e. The fourth-order valence-corrected chi connectivity index (χ4v) is 2.01. The number of rotatable bonds is 6. The summed E-state index contributed by atoms with van der Waals surface area (Å²) >= 11 is 0. The van der Waals surface area contributed by atoms with Gasteiger partial charge in [-0.1, -0.05) is 12.1 Å². The van der Waals surface area contributed by atoms with Gasteiger partial charge in [-0.2, -0.15) is 5.10 Å². The molecule has 0 aliphatic heterocycles. The van der Waals surface area contributed by atoms with Gasteiger partial charge < -0.3 is 9.84 Å². The molecule has 2 N–H and O–H groups in total. The number of phenols is 1. The highest BCUT2D eigenvalue weighted by Gasteiger charge is 2.04. The number of amides is 1. The van der Waals surface area contributed by atoms with Gasteiger partial charge in [0.1, 0.15) is 11.5 Å². The van der Waals surface area contributed by atoms with Crippen molar-refractivity contribution in [2.24, 2.45) is 5.10 Å². The zero-order valence-electron chi connectivity index (χ0n) is 13.2. The summed E-state index contributed by atoms with van der Waals surface area (Å²) in [6.07, 6.45) is 0.249. The molecule has 2 aromatic rings. The van der Waals surface area contributed by atoms with E-state index in [4.69, 9.17) is 4.74 Å². The van der Waals surface area contributed by atoms with Gasteiger partial charge in [0.15, 0.2) is 0 Å². The van der Waals surface area contributed by atoms with E-state index in [0.29, 0.717) is 12.3 Å². The third-order valence-corrected chi connectivity index (χ3v) is 3.23. The van der Waals surface area contributed by atoms with Crippen molar-refractivity contribution < 1.29 is 14.6 Å². The number of nitrogens with one attached hydrogen (secondary N) is 1. The van der Waals surface area contributed by atoms with Gasteiger partial charge >= 0.3 is 0 Å². The molecule has 0 radical (unpaired) electrons. The molecule has 1 amide bonds. The number of nitrogens with zero attached hydrogens (tertiary/aromatic N) is 1. The monoisotopic (exact) mass is 312 g/mol. The van der Waals surface area contributed by atoms with Crippen molar-refractivity contribution in [1.29, 1.82) is 0 Å². The van der Waals surface area contributed by atoms with Gasteiger partial charge in [0.05, 0.1) is 18.7 Å². The Morgan fingerprint density at radius 2 is 1.78 bits per heavy atom. The SMILES string of the molecule is CCOc1ccc(CC(=O)N/N=C(/C)c2ccc(O)cc2)cc1. The summed E-state index contributed by atoms with van der Waals surface area (Å²) in [7, 11) is 0. The highest BCUT2D eigenvalue weighted by atomic mass is 16.5. The lowest BCUT2D eigenvalue weighted by atomic mass is 10.1. The van der Waals surface area contributed by atoms with Crippen molar-refractivity contribution in [3.8, 4) is 11.5 Å². The van der Waals surface area contributed by atoms with E-state index in [0.717, 1.165) is 16.9 Å². The van der Waals surface area contributed by atoms with Crippen LogP contribution in [0.15, 0.2) is 53.6 Å². The third kappa shape index (κ3) is 5.14. The van der Waals surface area contributed by atoms with Crippen LogP contribution >= 0.6 is 0 Å². The first kappa shape index (κ1) is 16.5. The summed E-state index contributed by atoms with van der Waals surface area (Å²) in [6.45, 7) is 4.34. The van der Waals surface area contributed by atoms with Crippen LogP contribution < -0.4 is 10.2 Å². The summed E-state index contributed by atoms with van der Waals surface area (Å²) in [5.41, 5.74) is 4.94. The van der Waals surface area contributed by atoms with Crippen LogP contribution in [0.5, 0.6) is 11.5 Å². The van der Waals surface area contributed by atoms with E-state index in [1.807, 2.05) is 31.2 Å². The van der Waals surface area contributed by atoms with Gasteiger partial charge in [-0.05, 0) is 61.4 Å². The second kappa shape index (κ2) is 7.98. The van der Waals surface area contributed by atoms with E-state index in [2.05, 4.69) is 10.5 Å². The molecular formula is C18H20N2O3. The lowest BCUT2D eigenvalue weighted by Crippen LogP contribution is -2.21. The molecule has 2 aromatic carbocycles. The number of hydrogen-bond acceptors (Lipinski definition) is 4. The highest BCUT2D eigenvalue weighted by molar-refractivity contribution is 5.99. The molecule has 0 saturated heterocycles. The predicted molar refractivity (Wildman–Crippen MR) is 89.8 cm³/mol. The summed E-state index contributed by atoms with van der Waals surface area (Å²) in [6, 6.07) is 14.1. The Hall–Kier alpha value is -2.82. The quantitative estimate of drug-likeness (QED) is 0.636. The molecule has 5 nitrogen and oxygen atoms in total. The first-order valence-electron chi connectivity index (χ1n) is 7.42. The maximum absolute atomic E-state index is 11.9. The summed E-state index contributed by atoms with van der Waals surface area (Å²) < 4.78 is 5.36. The van der Waals surface area contributed by atoms with Gasteiger partial charge in [0.25, 0.3) is 0 Å². The van der Waals surface area contributed by atoms with Crippen LogP contribution in [0.4, 0.5) is 0 Å². The standard InChI is InChI=1S/C18H20N2O3/c1-3-23-17-10-4-14(5-11-17)12-18(22)20-19-13(2)15-6-8-16(21)9-7-15/h4-11,21H,3,12H2,1-2H3,(H,20,22)/b19-13-. The maximum Gasteiger partial charge on any atom is 0.244 e. The van der Waals surface area contributed by atoms with Crippen molar-refractivity contribution in [3.63, 3.8) is 0 Å². The molecule has 0 aromatic heterocycles. The molecule has 5 heteroatoms. The minimum Gasteiger partial charge on any atom is -0.508 e. The average Bonchev–Trinajstić information content (AvgIpc) is 2.55. The Balaban J connectivity index is 1.91. The van der Waals surface area contributed by atoms with Crippen LogP contribution in [0.3, 0.4) is 0 Å². The zero-order valence-corrected chi connectivity index (χ0v) is 13.2. The van der Waals surface area contributed by atoms with Gasteiger partial charge in [-0.25, -0.2) is 5.43 Å². The molecular weight excluding hydrogens is 292 g/mol. The molecule has 0 aliphatic rings. The topological polar surface area (TPSA) is 70.9 Å². The number of ether oxygens (including phenoxy) is 1. The fraction of sp³-hybridized carbons (Fsp3) is 0.222. The van der Waals surface area contributed by atoms with E-state index in [1.165, 1.54) is 0 Å². The van der Waals surface area contributed by atoms with Crippen LogP contribution in [0.25, 0.3) is 0 Å². The van der Waals surface area contributed by atoms with Crippen molar-refractivity contribution in [3.05, 3.63) is 59.7 Å². The van der Waals surface area contributed by atoms with Crippen LogP contribution in [0, 0.1) is 0 Å². The molecule has 0 unspecified atom stereocenters. The number of carbonyl (C=O) groups excluding carboxylic acids is 1. The minimum absolute atomic E-state index is 0.188. The Morgan fingerprint density at radius 1 is 1.13 bits per heavy atom. The second-order valence-electron chi connectivity index (χ2n) is 5.03. The summed E-state index contributed by atoms with van der Waals surface area (Å²) in [5.74, 6) is 0.797. The number of carbonyl (C=O) groups is 1. The van der Waals surface area contributed by atoms with Gasteiger partial charge in [-0.15, -0.1) is 0 Å². The Labute approximate surface area is 135 Å². The van der Waals surface area contributed by atoms with E-state index in [9.17, 15) is 9.90 Å². The molecule has 0 fully saturated rings. The normalized spacial score (nSPS) is 11.1. The smallest absolute Gasteiger partial charge is 0.244 e. The lowest BCUT2D eigenvalue weighted by Gasteiger charge is -2.05. The summed E-state index contributed by atoms with van der Waals surface area (Å²) in [5, 5.41) is 13.3. The van der Waals surface area contributed by atoms with Crippen LogP contribution in [0.1, 0.15) is 25.0 Å². The van der Waals surface area contributed by atoms with E-state index < -0.39 is 0 Å². The number of aromatic hydroxyl groups is 1. The van der Waals surface area contributed by atoms with E-state index >= 15 is 0 Å². The molecule has 0 saturated carbocycles. The van der Waals surface area contributed by atoms with Crippen molar-refractivity contribution in [1.82, 2.24) is 5.43 Å². The average molecular weight is 312 g/mol. The van der Waals surface area contributed by atoms with E-state index in [1.54, 1.807) is 31.2 Å². The van der Waals surface area contributed by atoms with Gasteiger partial charge in [0.2, 0.25) is 5.91 Å². The number of hydrazone groups is 1. The van der Waals surface area contributed by atoms with Crippen molar-refractivity contribution >= 4 is 11.6 Å². The predicted octanol–water partition coefficient (Wildman–Crippen LogP) is 2.87. The molecule has 0 atom stereocenters. The van der Waals surface area contributed by atoms with Crippen molar-refractivity contribution in [2.45, 2.75) is 20.3 Å². The van der Waals surface area contributed by atoms with E-state index in [-0.39, 0.29) is 18.1 Å². The number of benzene rings is 2. The zero-order chi connectivity index (χ0) is 16.7. The molecule has 0 spiro atoms. The Morgan fingerprint density at radius 3 is 2.39 bits per heavy atom. The third-order valence-electron chi connectivity index (χ3n) is 3.23. The van der Waals surface area contributed by atoms with Crippen LogP contribution in [0.2, 0.25) is 0 Å². The molecule has 120 valence electrons. The second-order valence-corrected chi connectivity index (χ2v) is 5.03. The van der Waals surface area contributed by atoms with Crippen LogP contribution in [-0.4, -0.2) is 23.3 Å². The summed E-state index contributed by atoms with van der Waals surface area (Å²) in [4.78, 5) is 11.9.